The summed E-state index contributed by atoms with van der Waals surface area (Å²) in [7, 11) is 0. The molecule has 8 nitrogen and oxygen atoms in total. The first-order valence-electron chi connectivity index (χ1n) is 11.5. The molecule has 5 aromatic rings. The highest BCUT2D eigenvalue weighted by atomic mass is 35.5. The van der Waals surface area contributed by atoms with Gasteiger partial charge in [-0.3, -0.25) is 9.59 Å². The summed E-state index contributed by atoms with van der Waals surface area (Å²) in [4.78, 5) is 38.5. The summed E-state index contributed by atoms with van der Waals surface area (Å²) in [6.07, 6.45) is 3.48. The lowest BCUT2D eigenvalue weighted by Gasteiger charge is -2.11. The van der Waals surface area contributed by atoms with Crippen molar-refractivity contribution in [2.24, 2.45) is 0 Å². The standard InChI is InChI=1S/C28H19ClN6O2/c29-19-7-10-22-23(14-19)33-24(36)13-18-15-31-28(34-25(18)22)32-20-8-5-17(6-9-20)27(37)35-26-21-4-2-1-3-16(21)11-12-30-26/h1-12,14-15H,13H2,(H,33,36)(H,30,35,37)(H,31,32,34). The number of halogens is 1. The Morgan fingerprint density at radius 2 is 1.81 bits per heavy atom. The van der Waals surface area contributed by atoms with Crippen LogP contribution in [0.15, 0.2) is 85.2 Å². The lowest BCUT2D eigenvalue weighted by Crippen LogP contribution is -2.13. The summed E-state index contributed by atoms with van der Waals surface area (Å²) in [5.74, 6) is 0.465. The Hall–Kier alpha value is -4.82. The minimum atomic E-state index is -0.260. The lowest BCUT2D eigenvalue weighted by atomic mass is 10.1. The molecular formula is C28H19ClN6O2. The van der Waals surface area contributed by atoms with E-state index in [4.69, 9.17) is 11.6 Å². The summed E-state index contributed by atoms with van der Waals surface area (Å²) < 4.78 is 0. The van der Waals surface area contributed by atoms with E-state index in [1.807, 2.05) is 36.4 Å². The molecule has 2 amide bonds. The molecule has 0 saturated heterocycles. The molecule has 0 spiro atoms. The van der Waals surface area contributed by atoms with E-state index in [9.17, 15) is 9.59 Å². The van der Waals surface area contributed by atoms with Crippen molar-refractivity contribution in [2.75, 3.05) is 16.0 Å². The van der Waals surface area contributed by atoms with Crippen LogP contribution < -0.4 is 16.0 Å². The van der Waals surface area contributed by atoms with Gasteiger partial charge in [0.1, 0.15) is 5.82 Å². The van der Waals surface area contributed by atoms with Gasteiger partial charge in [-0.25, -0.2) is 15.0 Å². The first kappa shape index (κ1) is 22.6. The number of nitrogens with zero attached hydrogens (tertiary/aromatic N) is 3. The topological polar surface area (TPSA) is 109 Å². The van der Waals surface area contributed by atoms with Gasteiger partial charge in [0.15, 0.2) is 0 Å². The van der Waals surface area contributed by atoms with Crippen LogP contribution in [-0.4, -0.2) is 26.8 Å². The molecule has 1 aliphatic heterocycles. The molecule has 3 heterocycles. The van der Waals surface area contributed by atoms with Crippen LogP contribution in [-0.2, 0) is 11.2 Å². The molecule has 0 aliphatic carbocycles. The summed E-state index contributed by atoms with van der Waals surface area (Å²) >= 11 is 6.12. The molecule has 0 radical (unpaired) electrons. The largest absolute Gasteiger partial charge is 0.325 e. The fourth-order valence-corrected chi connectivity index (χ4v) is 4.43. The molecule has 9 heteroatoms. The van der Waals surface area contributed by atoms with Crippen LogP contribution in [0.2, 0.25) is 5.02 Å². The van der Waals surface area contributed by atoms with Crippen LogP contribution in [0.5, 0.6) is 0 Å². The van der Waals surface area contributed by atoms with Crippen molar-refractivity contribution in [3.63, 3.8) is 0 Å². The maximum atomic E-state index is 12.8. The van der Waals surface area contributed by atoms with E-state index in [0.29, 0.717) is 39.4 Å². The fourth-order valence-electron chi connectivity index (χ4n) is 4.26. The van der Waals surface area contributed by atoms with E-state index in [1.165, 1.54) is 0 Å². The number of fused-ring (bicyclic) bond motifs is 4. The molecule has 0 bridgehead atoms. The molecule has 2 aromatic heterocycles. The number of nitrogens with one attached hydrogen (secondary N) is 3. The number of aromatic nitrogens is 3. The summed E-state index contributed by atoms with van der Waals surface area (Å²) in [5.41, 5.74) is 3.94. The third kappa shape index (κ3) is 4.57. The Kier molecular flexibility index (Phi) is 5.71. The smallest absolute Gasteiger partial charge is 0.256 e. The van der Waals surface area contributed by atoms with Crippen LogP contribution in [0.25, 0.3) is 22.0 Å². The number of hydrogen-bond acceptors (Lipinski definition) is 6. The maximum absolute atomic E-state index is 12.8. The molecule has 0 fully saturated rings. The van der Waals surface area contributed by atoms with Gasteiger partial charge in [0.05, 0.1) is 17.8 Å². The minimum absolute atomic E-state index is 0.154. The zero-order chi connectivity index (χ0) is 25.4. The van der Waals surface area contributed by atoms with Gasteiger partial charge in [-0.2, -0.15) is 0 Å². The molecule has 1 aliphatic rings. The van der Waals surface area contributed by atoms with E-state index in [-0.39, 0.29) is 18.2 Å². The minimum Gasteiger partial charge on any atom is -0.325 e. The van der Waals surface area contributed by atoms with Gasteiger partial charge in [0.2, 0.25) is 11.9 Å². The summed E-state index contributed by atoms with van der Waals surface area (Å²) in [5, 5.41) is 11.3. The van der Waals surface area contributed by atoms with Crippen molar-refractivity contribution in [2.45, 2.75) is 6.42 Å². The average Bonchev–Trinajstić information content (AvgIpc) is 3.04. The second-order valence-electron chi connectivity index (χ2n) is 8.52. The highest BCUT2D eigenvalue weighted by molar-refractivity contribution is 6.31. The van der Waals surface area contributed by atoms with Crippen LogP contribution in [0, 0.1) is 0 Å². The van der Waals surface area contributed by atoms with Crippen molar-refractivity contribution in [1.29, 1.82) is 0 Å². The van der Waals surface area contributed by atoms with E-state index in [2.05, 4.69) is 30.9 Å². The van der Waals surface area contributed by atoms with E-state index in [1.54, 1.807) is 48.8 Å². The quantitative estimate of drug-likeness (QED) is 0.283. The Balaban J connectivity index is 1.22. The van der Waals surface area contributed by atoms with Crippen molar-refractivity contribution >= 4 is 57.3 Å². The number of rotatable bonds is 4. The number of pyridine rings is 1. The van der Waals surface area contributed by atoms with E-state index in [0.717, 1.165) is 21.9 Å². The Morgan fingerprint density at radius 1 is 0.973 bits per heavy atom. The number of carbonyl (C=O) groups excluding carboxylic acids is 2. The van der Waals surface area contributed by atoms with Crippen molar-refractivity contribution in [1.82, 2.24) is 15.0 Å². The highest BCUT2D eigenvalue weighted by Gasteiger charge is 2.21. The fraction of sp³-hybridized carbons (Fsp3) is 0.0357. The molecule has 0 unspecified atom stereocenters. The second-order valence-corrected chi connectivity index (χ2v) is 8.96. The zero-order valence-corrected chi connectivity index (χ0v) is 20.1. The number of anilines is 4. The maximum Gasteiger partial charge on any atom is 0.256 e. The normalized spacial score (nSPS) is 12.2. The second kappa shape index (κ2) is 9.33. The predicted molar refractivity (Wildman–Crippen MR) is 144 cm³/mol. The van der Waals surface area contributed by atoms with Gasteiger partial charge >= 0.3 is 0 Å². The number of carbonyl (C=O) groups is 2. The van der Waals surface area contributed by atoms with E-state index < -0.39 is 0 Å². The van der Waals surface area contributed by atoms with Gasteiger partial charge < -0.3 is 16.0 Å². The van der Waals surface area contributed by atoms with Crippen LogP contribution in [0.4, 0.5) is 23.1 Å². The first-order valence-corrected chi connectivity index (χ1v) is 11.9. The van der Waals surface area contributed by atoms with Crippen molar-refractivity contribution in [3.8, 4) is 11.3 Å². The first-order chi connectivity index (χ1) is 18.0. The van der Waals surface area contributed by atoms with Crippen LogP contribution >= 0.6 is 11.6 Å². The summed E-state index contributed by atoms with van der Waals surface area (Å²) in [6.45, 7) is 0. The highest BCUT2D eigenvalue weighted by Crippen LogP contribution is 2.35. The molecule has 37 heavy (non-hydrogen) atoms. The van der Waals surface area contributed by atoms with Crippen molar-refractivity contribution in [3.05, 3.63) is 101 Å². The molecule has 180 valence electrons. The van der Waals surface area contributed by atoms with Gasteiger partial charge in [0.25, 0.3) is 5.91 Å². The van der Waals surface area contributed by atoms with Crippen molar-refractivity contribution < 1.29 is 9.59 Å². The predicted octanol–water partition coefficient (Wildman–Crippen LogP) is 5.84. The van der Waals surface area contributed by atoms with Gasteiger partial charge in [-0.15, -0.1) is 0 Å². The monoisotopic (exact) mass is 506 g/mol. The molecule has 6 rings (SSSR count). The number of amides is 2. The van der Waals surface area contributed by atoms with Gasteiger partial charge in [0, 0.05) is 45.2 Å². The zero-order valence-electron chi connectivity index (χ0n) is 19.3. The Labute approximate surface area is 216 Å². The number of benzene rings is 3. The van der Waals surface area contributed by atoms with E-state index >= 15 is 0 Å². The van der Waals surface area contributed by atoms with Gasteiger partial charge in [-0.1, -0.05) is 35.9 Å². The molecule has 0 saturated carbocycles. The molecule has 3 aromatic carbocycles. The van der Waals surface area contributed by atoms with Crippen LogP contribution in [0.1, 0.15) is 15.9 Å². The summed E-state index contributed by atoms with van der Waals surface area (Å²) in [6, 6.07) is 21.9. The Bertz CT molecular complexity index is 1680. The third-order valence-electron chi connectivity index (χ3n) is 6.04. The van der Waals surface area contributed by atoms with Gasteiger partial charge in [-0.05, 0) is 53.9 Å². The average molecular weight is 507 g/mol. The molecule has 3 N–H and O–H groups in total. The Morgan fingerprint density at radius 3 is 2.68 bits per heavy atom. The SMILES string of the molecule is O=C1Cc2cnc(Nc3ccc(C(=O)Nc4nccc5ccccc45)cc3)nc2-c2ccc(Cl)cc2N1. The lowest BCUT2D eigenvalue weighted by molar-refractivity contribution is -0.115. The molecular weight excluding hydrogens is 488 g/mol. The van der Waals surface area contributed by atoms with Crippen LogP contribution in [0.3, 0.4) is 0 Å². The number of hydrogen-bond donors (Lipinski definition) is 3. The third-order valence-corrected chi connectivity index (χ3v) is 6.27. The molecule has 0 atom stereocenters.